The van der Waals surface area contributed by atoms with Crippen molar-refractivity contribution in [1.82, 2.24) is 14.5 Å². The predicted molar refractivity (Wildman–Crippen MR) is 111 cm³/mol. The molecule has 0 unspecified atom stereocenters. The van der Waals surface area contributed by atoms with Crippen LogP contribution in [0, 0.1) is 5.82 Å². The third kappa shape index (κ3) is 4.26. The highest BCUT2D eigenvalue weighted by Gasteiger charge is 2.22. The van der Waals surface area contributed by atoms with Crippen LogP contribution in [-0.2, 0) is 29.3 Å². The van der Waals surface area contributed by atoms with E-state index in [2.05, 4.69) is 10.2 Å². The highest BCUT2D eigenvalue weighted by atomic mass is 32.2. The number of nitrogens with one attached hydrogen (secondary N) is 1. The van der Waals surface area contributed by atoms with Crippen molar-refractivity contribution < 1.29 is 12.8 Å². The molecule has 0 radical (unpaired) electrons. The fourth-order valence-electron chi connectivity index (χ4n) is 3.79. The summed E-state index contributed by atoms with van der Waals surface area (Å²) in [4.78, 5) is 0.371. The third-order valence-electron chi connectivity index (χ3n) is 5.45. The maximum Gasteiger partial charge on any atom is 0.242 e. The SMILES string of the molecule is CN(CCCc1cc(-c2cccc(F)c2)n[nH]1)S(=O)(=O)c1ccc2c(c1)CCC2. The van der Waals surface area contributed by atoms with Crippen molar-refractivity contribution >= 4 is 10.0 Å². The lowest BCUT2D eigenvalue weighted by Crippen LogP contribution is -2.28. The molecule has 0 atom stereocenters. The quantitative estimate of drug-likeness (QED) is 0.638. The first-order chi connectivity index (χ1) is 13.9. The van der Waals surface area contributed by atoms with Gasteiger partial charge >= 0.3 is 0 Å². The number of sulfonamides is 1. The summed E-state index contributed by atoms with van der Waals surface area (Å²) in [6.07, 6.45) is 4.40. The molecule has 3 aromatic rings. The molecular weight excluding hydrogens is 389 g/mol. The summed E-state index contributed by atoms with van der Waals surface area (Å²) in [5, 5.41) is 7.19. The summed E-state index contributed by atoms with van der Waals surface area (Å²) >= 11 is 0. The van der Waals surface area contributed by atoms with Gasteiger partial charge in [-0.05, 0) is 73.6 Å². The number of aryl methyl sites for hydroxylation is 3. The van der Waals surface area contributed by atoms with Crippen LogP contribution in [0.2, 0.25) is 0 Å². The average Bonchev–Trinajstić information content (AvgIpc) is 3.36. The summed E-state index contributed by atoms with van der Waals surface area (Å²) in [7, 11) is -1.87. The van der Waals surface area contributed by atoms with Crippen molar-refractivity contribution in [3.8, 4) is 11.3 Å². The Morgan fingerprint density at radius 1 is 1.10 bits per heavy atom. The second kappa shape index (κ2) is 8.08. The number of halogens is 1. The van der Waals surface area contributed by atoms with Gasteiger partial charge in [-0.2, -0.15) is 5.10 Å². The fraction of sp³-hybridized carbons (Fsp3) is 0.318. The van der Waals surface area contributed by atoms with E-state index in [-0.39, 0.29) is 5.82 Å². The molecule has 0 bridgehead atoms. The Bertz CT molecular complexity index is 1120. The van der Waals surface area contributed by atoms with Crippen LogP contribution < -0.4 is 0 Å². The fourth-order valence-corrected chi connectivity index (χ4v) is 5.05. The van der Waals surface area contributed by atoms with Crippen LogP contribution in [0.25, 0.3) is 11.3 Å². The molecule has 0 saturated heterocycles. The summed E-state index contributed by atoms with van der Waals surface area (Å²) in [5.74, 6) is -0.301. The van der Waals surface area contributed by atoms with E-state index in [1.807, 2.05) is 18.2 Å². The lowest BCUT2D eigenvalue weighted by Gasteiger charge is -2.17. The minimum atomic E-state index is -3.49. The van der Waals surface area contributed by atoms with E-state index in [0.29, 0.717) is 35.5 Å². The van der Waals surface area contributed by atoms with Gasteiger partial charge in [-0.3, -0.25) is 5.10 Å². The number of hydrogen-bond donors (Lipinski definition) is 1. The number of benzene rings is 2. The molecule has 1 heterocycles. The van der Waals surface area contributed by atoms with Gasteiger partial charge in [0, 0.05) is 24.8 Å². The topological polar surface area (TPSA) is 66.1 Å². The standard InChI is InChI=1S/C22H24FN3O2S/c1-26(29(27,28)21-11-10-16-5-2-6-17(16)14-21)12-4-9-20-15-22(25-24-20)18-7-3-8-19(23)13-18/h3,7-8,10-11,13-15H,2,4-6,9,12H2,1H3,(H,24,25). The van der Waals surface area contributed by atoms with Crippen LogP contribution >= 0.6 is 0 Å². The van der Waals surface area contributed by atoms with Crippen LogP contribution in [0.4, 0.5) is 4.39 Å². The zero-order valence-electron chi connectivity index (χ0n) is 16.4. The zero-order chi connectivity index (χ0) is 20.4. The van der Waals surface area contributed by atoms with E-state index in [0.717, 1.165) is 30.5 Å². The Kier molecular flexibility index (Phi) is 5.52. The van der Waals surface area contributed by atoms with Crippen LogP contribution in [0.15, 0.2) is 53.4 Å². The van der Waals surface area contributed by atoms with Crippen LogP contribution in [-0.4, -0.2) is 36.5 Å². The number of fused-ring (bicyclic) bond motifs is 1. The van der Waals surface area contributed by atoms with Crippen molar-refractivity contribution in [1.29, 1.82) is 0 Å². The Balaban J connectivity index is 1.37. The normalized spacial score (nSPS) is 13.8. The first-order valence-electron chi connectivity index (χ1n) is 9.82. The first-order valence-corrected chi connectivity index (χ1v) is 11.3. The van der Waals surface area contributed by atoms with Gasteiger partial charge in [0.1, 0.15) is 5.82 Å². The van der Waals surface area contributed by atoms with Gasteiger partial charge in [-0.1, -0.05) is 18.2 Å². The second-order valence-electron chi connectivity index (χ2n) is 7.50. The number of aromatic nitrogens is 2. The van der Waals surface area contributed by atoms with E-state index in [4.69, 9.17) is 0 Å². The molecule has 0 saturated carbocycles. The van der Waals surface area contributed by atoms with Crippen LogP contribution in [0.3, 0.4) is 0 Å². The maximum atomic E-state index is 13.4. The predicted octanol–water partition coefficient (Wildman–Crippen LogP) is 3.96. The Morgan fingerprint density at radius 2 is 1.93 bits per heavy atom. The molecule has 7 heteroatoms. The van der Waals surface area contributed by atoms with Crippen molar-refractivity contribution in [2.75, 3.05) is 13.6 Å². The van der Waals surface area contributed by atoms with E-state index in [1.54, 1.807) is 25.2 Å². The monoisotopic (exact) mass is 413 g/mol. The third-order valence-corrected chi connectivity index (χ3v) is 7.30. The van der Waals surface area contributed by atoms with Gasteiger partial charge in [-0.25, -0.2) is 17.1 Å². The largest absolute Gasteiger partial charge is 0.282 e. The molecule has 0 fully saturated rings. The van der Waals surface area contributed by atoms with Gasteiger partial charge in [0.2, 0.25) is 10.0 Å². The smallest absolute Gasteiger partial charge is 0.242 e. The number of nitrogens with zero attached hydrogens (tertiary/aromatic N) is 2. The van der Waals surface area contributed by atoms with Crippen molar-refractivity contribution in [2.24, 2.45) is 0 Å². The number of hydrogen-bond acceptors (Lipinski definition) is 3. The molecule has 0 aliphatic heterocycles. The number of H-pyrrole nitrogens is 1. The van der Waals surface area contributed by atoms with Gasteiger partial charge < -0.3 is 0 Å². The zero-order valence-corrected chi connectivity index (χ0v) is 17.2. The number of aromatic amines is 1. The molecule has 0 amide bonds. The van der Waals surface area contributed by atoms with Crippen molar-refractivity contribution in [3.05, 3.63) is 71.2 Å². The molecule has 152 valence electrons. The van der Waals surface area contributed by atoms with Gasteiger partial charge in [0.15, 0.2) is 0 Å². The molecule has 1 aliphatic rings. The molecule has 29 heavy (non-hydrogen) atoms. The molecule has 1 aromatic heterocycles. The van der Waals surface area contributed by atoms with Gasteiger partial charge in [0.25, 0.3) is 0 Å². The lowest BCUT2D eigenvalue weighted by atomic mass is 10.1. The van der Waals surface area contributed by atoms with E-state index in [9.17, 15) is 12.8 Å². The molecule has 2 aromatic carbocycles. The molecular formula is C22H24FN3O2S. The molecule has 4 rings (SSSR count). The van der Waals surface area contributed by atoms with Gasteiger partial charge in [-0.15, -0.1) is 0 Å². The molecule has 0 spiro atoms. The van der Waals surface area contributed by atoms with Crippen LogP contribution in [0.5, 0.6) is 0 Å². The van der Waals surface area contributed by atoms with E-state index >= 15 is 0 Å². The second-order valence-corrected chi connectivity index (χ2v) is 9.55. The average molecular weight is 414 g/mol. The first kappa shape index (κ1) is 19.8. The number of rotatable bonds is 7. The highest BCUT2D eigenvalue weighted by Crippen LogP contribution is 2.26. The van der Waals surface area contributed by atoms with Crippen molar-refractivity contribution in [3.63, 3.8) is 0 Å². The minimum Gasteiger partial charge on any atom is -0.282 e. The molecule has 5 nitrogen and oxygen atoms in total. The minimum absolute atomic E-state index is 0.301. The van der Waals surface area contributed by atoms with Crippen molar-refractivity contribution in [2.45, 2.75) is 37.0 Å². The summed E-state index contributed by atoms with van der Waals surface area (Å²) in [6, 6.07) is 13.7. The summed E-state index contributed by atoms with van der Waals surface area (Å²) in [5.41, 5.74) is 4.71. The Hall–Kier alpha value is -2.51. The van der Waals surface area contributed by atoms with Crippen LogP contribution in [0.1, 0.15) is 29.7 Å². The summed E-state index contributed by atoms with van der Waals surface area (Å²) < 4.78 is 40.5. The Morgan fingerprint density at radius 3 is 2.76 bits per heavy atom. The molecule has 1 N–H and O–H groups in total. The Labute approximate surface area is 170 Å². The maximum absolute atomic E-state index is 13.4. The van der Waals surface area contributed by atoms with E-state index in [1.165, 1.54) is 22.0 Å². The lowest BCUT2D eigenvalue weighted by molar-refractivity contribution is 0.460. The van der Waals surface area contributed by atoms with Gasteiger partial charge in [0.05, 0.1) is 10.6 Å². The molecule has 1 aliphatic carbocycles. The summed E-state index contributed by atoms with van der Waals surface area (Å²) in [6.45, 7) is 0.410. The highest BCUT2D eigenvalue weighted by molar-refractivity contribution is 7.89. The van der Waals surface area contributed by atoms with E-state index < -0.39 is 10.0 Å².